The second kappa shape index (κ2) is 5.02. The van der Waals surface area contributed by atoms with Gasteiger partial charge in [0.05, 0.1) is 6.10 Å². The van der Waals surface area contributed by atoms with E-state index in [2.05, 4.69) is 9.88 Å². The third kappa shape index (κ3) is 2.76. The van der Waals surface area contributed by atoms with Gasteiger partial charge in [-0.2, -0.15) is 0 Å². The third-order valence-corrected chi connectivity index (χ3v) is 3.41. The molecule has 1 aliphatic rings. The lowest BCUT2D eigenvalue weighted by Gasteiger charge is -2.35. The Bertz CT molecular complexity index is 375. The first-order valence-electron chi connectivity index (χ1n) is 6.17. The van der Waals surface area contributed by atoms with Gasteiger partial charge in [-0.05, 0) is 31.7 Å². The summed E-state index contributed by atoms with van der Waals surface area (Å²) in [7, 11) is 2.04. The highest BCUT2D eigenvalue weighted by Crippen LogP contribution is 2.30. The van der Waals surface area contributed by atoms with E-state index in [4.69, 9.17) is 5.73 Å². The molecule has 3 N–H and O–H groups in total. The fourth-order valence-electron chi connectivity index (χ4n) is 2.41. The normalized spacial score (nSPS) is 25.2. The van der Waals surface area contributed by atoms with Crippen LogP contribution in [0.15, 0.2) is 18.3 Å². The van der Waals surface area contributed by atoms with E-state index in [9.17, 15) is 5.11 Å². The maximum absolute atomic E-state index is 9.29. The first-order chi connectivity index (χ1) is 8.08. The van der Waals surface area contributed by atoms with Crippen LogP contribution in [0.4, 0.5) is 5.82 Å². The zero-order valence-electron chi connectivity index (χ0n) is 10.5. The Hall–Kier alpha value is -1.13. The van der Waals surface area contributed by atoms with Gasteiger partial charge in [-0.3, -0.25) is 0 Å². The van der Waals surface area contributed by atoms with Gasteiger partial charge in [0.2, 0.25) is 0 Å². The topological polar surface area (TPSA) is 62.4 Å². The molecule has 0 radical (unpaired) electrons. The maximum Gasteiger partial charge on any atom is 0.133 e. The molecule has 1 aliphatic carbocycles. The summed E-state index contributed by atoms with van der Waals surface area (Å²) in [6.45, 7) is 2.91. The highest BCUT2D eigenvalue weighted by molar-refractivity contribution is 5.47. The molecule has 0 aromatic carbocycles. The highest BCUT2D eigenvalue weighted by Gasteiger charge is 2.28. The van der Waals surface area contributed by atoms with Crippen molar-refractivity contribution in [3.05, 3.63) is 23.9 Å². The van der Waals surface area contributed by atoms with Gasteiger partial charge in [-0.15, -0.1) is 0 Å². The largest absolute Gasteiger partial charge is 0.393 e. The average Bonchev–Trinajstić information content (AvgIpc) is 2.27. The van der Waals surface area contributed by atoms with E-state index in [1.54, 1.807) is 6.20 Å². The van der Waals surface area contributed by atoms with Crippen molar-refractivity contribution >= 4 is 5.82 Å². The van der Waals surface area contributed by atoms with Crippen molar-refractivity contribution < 1.29 is 5.11 Å². The maximum atomic E-state index is 9.29. The second-order valence-electron chi connectivity index (χ2n) is 5.08. The summed E-state index contributed by atoms with van der Waals surface area (Å²) in [6.07, 6.45) is 3.52. The van der Waals surface area contributed by atoms with Crippen LogP contribution in [-0.2, 0) is 0 Å². The van der Waals surface area contributed by atoms with Gasteiger partial charge in [0.25, 0.3) is 0 Å². The number of pyridine rings is 1. The van der Waals surface area contributed by atoms with Gasteiger partial charge in [0.1, 0.15) is 5.82 Å². The number of hydrogen-bond acceptors (Lipinski definition) is 4. The molecular formula is C13H21N3O. The SMILES string of the molecule is C[C@H](N)c1cccnc1N(C)CC1CC(O)C1. The number of rotatable bonds is 4. The molecule has 94 valence electrons. The molecule has 4 nitrogen and oxygen atoms in total. The summed E-state index contributed by atoms with van der Waals surface area (Å²) >= 11 is 0. The molecule has 4 heteroatoms. The van der Waals surface area contributed by atoms with Crippen molar-refractivity contribution in [3.63, 3.8) is 0 Å². The Balaban J connectivity index is 2.05. The second-order valence-corrected chi connectivity index (χ2v) is 5.08. The van der Waals surface area contributed by atoms with Crippen molar-refractivity contribution in [1.82, 2.24) is 4.98 Å². The van der Waals surface area contributed by atoms with E-state index in [0.29, 0.717) is 5.92 Å². The van der Waals surface area contributed by atoms with E-state index < -0.39 is 0 Å². The summed E-state index contributed by atoms with van der Waals surface area (Å²) < 4.78 is 0. The predicted molar refractivity (Wildman–Crippen MR) is 68.8 cm³/mol. The Kier molecular flexibility index (Phi) is 3.64. The molecule has 2 rings (SSSR count). The summed E-state index contributed by atoms with van der Waals surface area (Å²) in [5.41, 5.74) is 7.02. The summed E-state index contributed by atoms with van der Waals surface area (Å²) in [6, 6.07) is 3.94. The zero-order chi connectivity index (χ0) is 12.4. The van der Waals surface area contributed by atoms with Gasteiger partial charge in [-0.1, -0.05) is 6.07 Å². The molecule has 0 spiro atoms. The molecule has 1 aromatic heterocycles. The van der Waals surface area contributed by atoms with Gasteiger partial charge in [-0.25, -0.2) is 4.98 Å². The molecule has 1 saturated carbocycles. The Labute approximate surface area is 102 Å². The van der Waals surface area contributed by atoms with Crippen LogP contribution in [0.1, 0.15) is 31.4 Å². The summed E-state index contributed by atoms with van der Waals surface area (Å²) in [5.74, 6) is 1.54. The van der Waals surface area contributed by atoms with Crippen LogP contribution in [0, 0.1) is 5.92 Å². The Morgan fingerprint density at radius 1 is 1.59 bits per heavy atom. The van der Waals surface area contributed by atoms with Crippen LogP contribution in [0.3, 0.4) is 0 Å². The van der Waals surface area contributed by atoms with Crippen molar-refractivity contribution in [1.29, 1.82) is 0 Å². The number of aliphatic hydroxyl groups excluding tert-OH is 1. The Morgan fingerprint density at radius 2 is 2.29 bits per heavy atom. The van der Waals surface area contributed by atoms with Gasteiger partial charge < -0.3 is 15.7 Å². The number of anilines is 1. The summed E-state index contributed by atoms with van der Waals surface area (Å²) in [4.78, 5) is 6.56. The van der Waals surface area contributed by atoms with Crippen LogP contribution >= 0.6 is 0 Å². The standard InChI is InChI=1S/C13H21N3O/c1-9(14)12-4-3-5-15-13(12)16(2)8-10-6-11(17)7-10/h3-5,9-11,17H,6-8,14H2,1-2H3/t9-,10?,11?/m0/s1. The third-order valence-electron chi connectivity index (χ3n) is 3.41. The van der Waals surface area contributed by atoms with Gasteiger partial charge >= 0.3 is 0 Å². The van der Waals surface area contributed by atoms with Crippen LogP contribution < -0.4 is 10.6 Å². The first-order valence-corrected chi connectivity index (χ1v) is 6.17. The van der Waals surface area contributed by atoms with Crippen LogP contribution in [0.25, 0.3) is 0 Å². The zero-order valence-corrected chi connectivity index (χ0v) is 10.5. The van der Waals surface area contributed by atoms with Gasteiger partial charge in [0, 0.05) is 31.4 Å². The lowest BCUT2D eigenvalue weighted by molar-refractivity contribution is 0.0464. The van der Waals surface area contributed by atoms with Crippen molar-refractivity contribution in [2.75, 3.05) is 18.5 Å². The number of aliphatic hydroxyl groups is 1. The van der Waals surface area contributed by atoms with Crippen molar-refractivity contribution in [3.8, 4) is 0 Å². The number of hydrogen-bond donors (Lipinski definition) is 2. The smallest absolute Gasteiger partial charge is 0.133 e. The van der Waals surface area contributed by atoms with Crippen molar-refractivity contribution in [2.24, 2.45) is 11.7 Å². The van der Waals surface area contributed by atoms with Crippen LogP contribution in [0.2, 0.25) is 0 Å². The molecule has 0 amide bonds. The quantitative estimate of drug-likeness (QED) is 0.826. The first kappa shape index (κ1) is 12.3. The van der Waals surface area contributed by atoms with Crippen molar-refractivity contribution in [2.45, 2.75) is 31.9 Å². The highest BCUT2D eigenvalue weighted by atomic mass is 16.3. The number of nitrogens with two attached hydrogens (primary N) is 1. The molecule has 1 fully saturated rings. The fraction of sp³-hybridized carbons (Fsp3) is 0.615. The molecule has 0 aliphatic heterocycles. The molecule has 1 atom stereocenters. The van der Waals surface area contributed by atoms with Crippen LogP contribution in [-0.4, -0.2) is 29.8 Å². The minimum atomic E-state index is -0.0926. The monoisotopic (exact) mass is 235 g/mol. The molecule has 17 heavy (non-hydrogen) atoms. The Morgan fingerprint density at radius 3 is 2.88 bits per heavy atom. The molecule has 1 heterocycles. The predicted octanol–water partition coefficient (Wildman–Crippen LogP) is 1.31. The number of nitrogens with zero attached hydrogens (tertiary/aromatic N) is 2. The van der Waals surface area contributed by atoms with E-state index >= 15 is 0 Å². The molecule has 0 unspecified atom stereocenters. The lowest BCUT2D eigenvalue weighted by Crippen LogP contribution is -2.37. The average molecular weight is 235 g/mol. The minimum Gasteiger partial charge on any atom is -0.393 e. The molecule has 0 saturated heterocycles. The minimum absolute atomic E-state index is 0.00636. The van der Waals surface area contributed by atoms with E-state index in [0.717, 1.165) is 30.8 Å². The summed E-state index contributed by atoms with van der Waals surface area (Å²) in [5, 5.41) is 9.29. The lowest BCUT2D eigenvalue weighted by atomic mass is 9.82. The van der Waals surface area contributed by atoms with E-state index in [1.165, 1.54) is 0 Å². The molecular weight excluding hydrogens is 214 g/mol. The van der Waals surface area contributed by atoms with Gasteiger partial charge in [0.15, 0.2) is 0 Å². The molecule has 0 bridgehead atoms. The van der Waals surface area contributed by atoms with Crippen LogP contribution in [0.5, 0.6) is 0 Å². The van der Waals surface area contributed by atoms with E-state index in [1.807, 2.05) is 26.1 Å². The number of aromatic nitrogens is 1. The molecule has 1 aromatic rings. The van der Waals surface area contributed by atoms with E-state index in [-0.39, 0.29) is 12.1 Å². The fourth-order valence-corrected chi connectivity index (χ4v) is 2.41.